The van der Waals surface area contributed by atoms with E-state index in [1.807, 2.05) is 6.92 Å². The maximum atomic E-state index is 5.22. The predicted octanol–water partition coefficient (Wildman–Crippen LogP) is 2.28. The van der Waals surface area contributed by atoms with Crippen molar-refractivity contribution in [2.75, 3.05) is 25.1 Å². The molecule has 5 heteroatoms. The van der Waals surface area contributed by atoms with Crippen LogP contribution >= 0.6 is 11.5 Å². The highest BCUT2D eigenvalue weighted by Gasteiger charge is 2.19. The Morgan fingerprint density at radius 1 is 1.40 bits per heavy atom. The highest BCUT2D eigenvalue weighted by atomic mass is 32.1. The summed E-state index contributed by atoms with van der Waals surface area (Å²) in [7, 11) is 0. The van der Waals surface area contributed by atoms with Gasteiger partial charge in [0.15, 0.2) is 0 Å². The van der Waals surface area contributed by atoms with Gasteiger partial charge < -0.3 is 10.1 Å². The second-order valence-corrected chi connectivity index (χ2v) is 5.05. The number of nitrogens with zero attached hydrogens (tertiary/aromatic N) is 2. The Labute approximate surface area is 95.2 Å². The summed E-state index contributed by atoms with van der Waals surface area (Å²) in [4.78, 5) is 4.42. The van der Waals surface area contributed by atoms with Crippen molar-refractivity contribution in [1.82, 2.24) is 9.36 Å². The summed E-state index contributed by atoms with van der Waals surface area (Å²) in [6.45, 7) is 10.6. The van der Waals surface area contributed by atoms with E-state index in [4.69, 9.17) is 4.74 Å². The van der Waals surface area contributed by atoms with Crippen LogP contribution in [0.4, 0.5) is 5.13 Å². The van der Waals surface area contributed by atoms with E-state index in [2.05, 4.69) is 35.4 Å². The van der Waals surface area contributed by atoms with Crippen molar-refractivity contribution in [2.24, 2.45) is 0 Å². The van der Waals surface area contributed by atoms with Gasteiger partial charge in [-0.25, -0.2) is 4.98 Å². The van der Waals surface area contributed by atoms with Crippen molar-refractivity contribution < 1.29 is 4.74 Å². The van der Waals surface area contributed by atoms with Gasteiger partial charge in [0, 0.05) is 30.1 Å². The molecule has 0 aliphatic rings. The molecule has 4 nitrogen and oxygen atoms in total. The Morgan fingerprint density at radius 3 is 2.67 bits per heavy atom. The van der Waals surface area contributed by atoms with E-state index in [0.29, 0.717) is 6.61 Å². The number of hydrogen-bond donors (Lipinski definition) is 1. The second kappa shape index (κ2) is 5.42. The molecular formula is C10H19N3OS. The zero-order valence-electron chi connectivity index (χ0n) is 9.83. The van der Waals surface area contributed by atoms with Crippen molar-refractivity contribution in [2.45, 2.75) is 33.1 Å². The van der Waals surface area contributed by atoms with Crippen LogP contribution in [0.5, 0.6) is 0 Å². The lowest BCUT2D eigenvalue weighted by Crippen LogP contribution is -2.14. The lowest BCUT2D eigenvalue weighted by molar-refractivity contribution is 0.158. The summed E-state index contributed by atoms with van der Waals surface area (Å²) in [6, 6.07) is 0. The minimum absolute atomic E-state index is 0.0242. The van der Waals surface area contributed by atoms with Gasteiger partial charge in [-0.05, 0) is 6.92 Å². The monoisotopic (exact) mass is 229 g/mol. The Kier molecular flexibility index (Phi) is 4.47. The topological polar surface area (TPSA) is 47.0 Å². The summed E-state index contributed by atoms with van der Waals surface area (Å²) in [5.41, 5.74) is 0.0242. The largest absolute Gasteiger partial charge is 0.380 e. The van der Waals surface area contributed by atoms with Gasteiger partial charge in [0.25, 0.3) is 0 Å². The maximum Gasteiger partial charge on any atom is 0.202 e. The SMILES string of the molecule is CCOCCNc1nc(C(C)(C)C)ns1. The normalized spacial score (nSPS) is 11.7. The highest BCUT2D eigenvalue weighted by Crippen LogP contribution is 2.22. The standard InChI is InChI=1S/C10H19N3OS/c1-5-14-7-6-11-9-12-8(13-15-9)10(2,3)4/h5-7H2,1-4H3,(H,11,12,13). The van der Waals surface area contributed by atoms with Gasteiger partial charge in [0.1, 0.15) is 5.82 Å². The van der Waals surface area contributed by atoms with Gasteiger partial charge in [-0.15, -0.1) is 0 Å². The highest BCUT2D eigenvalue weighted by molar-refractivity contribution is 7.09. The van der Waals surface area contributed by atoms with Crippen LogP contribution in [0.25, 0.3) is 0 Å². The number of anilines is 1. The van der Waals surface area contributed by atoms with Crippen LogP contribution in [-0.4, -0.2) is 29.1 Å². The summed E-state index contributed by atoms with van der Waals surface area (Å²) in [6.07, 6.45) is 0. The van der Waals surface area contributed by atoms with E-state index in [9.17, 15) is 0 Å². The molecule has 1 aromatic rings. The number of hydrogen-bond acceptors (Lipinski definition) is 5. The predicted molar refractivity (Wildman–Crippen MR) is 63.6 cm³/mol. The van der Waals surface area contributed by atoms with Crippen LogP contribution < -0.4 is 5.32 Å². The van der Waals surface area contributed by atoms with Gasteiger partial charge >= 0.3 is 0 Å². The summed E-state index contributed by atoms with van der Waals surface area (Å²) >= 11 is 1.41. The molecule has 0 saturated carbocycles. The third-order valence-corrected chi connectivity index (χ3v) is 2.50. The van der Waals surface area contributed by atoms with E-state index in [1.54, 1.807) is 0 Å². The minimum Gasteiger partial charge on any atom is -0.380 e. The molecule has 1 rings (SSSR count). The molecule has 0 amide bonds. The van der Waals surface area contributed by atoms with E-state index in [-0.39, 0.29) is 5.41 Å². The number of ether oxygens (including phenoxy) is 1. The molecule has 0 aliphatic carbocycles. The molecule has 0 aromatic carbocycles. The molecular weight excluding hydrogens is 210 g/mol. The van der Waals surface area contributed by atoms with Crippen molar-refractivity contribution in [3.8, 4) is 0 Å². The first-order chi connectivity index (χ1) is 7.04. The molecule has 1 N–H and O–H groups in total. The van der Waals surface area contributed by atoms with Crippen LogP contribution in [0.2, 0.25) is 0 Å². The molecule has 86 valence electrons. The third kappa shape index (κ3) is 4.13. The molecule has 1 aromatic heterocycles. The zero-order chi connectivity index (χ0) is 11.3. The van der Waals surface area contributed by atoms with Crippen molar-refractivity contribution in [3.63, 3.8) is 0 Å². The fourth-order valence-corrected chi connectivity index (χ4v) is 1.76. The van der Waals surface area contributed by atoms with Crippen molar-refractivity contribution in [3.05, 3.63) is 5.82 Å². The van der Waals surface area contributed by atoms with Gasteiger partial charge in [-0.2, -0.15) is 4.37 Å². The second-order valence-electron chi connectivity index (χ2n) is 4.30. The van der Waals surface area contributed by atoms with Gasteiger partial charge in [-0.3, -0.25) is 0 Å². The molecule has 15 heavy (non-hydrogen) atoms. The lowest BCUT2D eigenvalue weighted by atomic mass is 9.96. The lowest BCUT2D eigenvalue weighted by Gasteiger charge is -2.12. The maximum absolute atomic E-state index is 5.22. The van der Waals surface area contributed by atoms with E-state index in [0.717, 1.165) is 24.1 Å². The third-order valence-electron chi connectivity index (χ3n) is 1.82. The molecule has 0 radical (unpaired) electrons. The summed E-state index contributed by atoms with van der Waals surface area (Å²) in [5, 5.41) is 4.07. The zero-order valence-corrected chi connectivity index (χ0v) is 10.6. The van der Waals surface area contributed by atoms with Gasteiger partial charge in [0.2, 0.25) is 5.13 Å². The number of aromatic nitrogens is 2. The Hall–Kier alpha value is -0.680. The first kappa shape index (κ1) is 12.4. The van der Waals surface area contributed by atoms with Crippen LogP contribution in [0, 0.1) is 0 Å². The summed E-state index contributed by atoms with van der Waals surface area (Å²) in [5.74, 6) is 0.895. The van der Waals surface area contributed by atoms with Crippen LogP contribution in [0.15, 0.2) is 0 Å². The van der Waals surface area contributed by atoms with Gasteiger partial charge in [0.05, 0.1) is 6.61 Å². The number of nitrogens with one attached hydrogen (secondary N) is 1. The van der Waals surface area contributed by atoms with Crippen molar-refractivity contribution >= 4 is 16.7 Å². The molecule has 0 fully saturated rings. The van der Waals surface area contributed by atoms with E-state index < -0.39 is 0 Å². The van der Waals surface area contributed by atoms with Crippen LogP contribution in [-0.2, 0) is 10.2 Å². The van der Waals surface area contributed by atoms with E-state index in [1.165, 1.54) is 11.5 Å². The van der Waals surface area contributed by atoms with Crippen molar-refractivity contribution in [1.29, 1.82) is 0 Å². The fourth-order valence-electron chi connectivity index (χ4n) is 0.974. The number of rotatable bonds is 5. The minimum atomic E-state index is 0.0242. The summed E-state index contributed by atoms with van der Waals surface area (Å²) < 4.78 is 9.54. The smallest absolute Gasteiger partial charge is 0.202 e. The molecule has 0 atom stereocenters. The van der Waals surface area contributed by atoms with Crippen LogP contribution in [0.1, 0.15) is 33.5 Å². The molecule has 0 saturated heterocycles. The fraction of sp³-hybridized carbons (Fsp3) is 0.800. The molecule has 1 heterocycles. The molecule has 0 spiro atoms. The average molecular weight is 229 g/mol. The Bertz CT molecular complexity index is 293. The first-order valence-electron chi connectivity index (χ1n) is 5.20. The van der Waals surface area contributed by atoms with E-state index >= 15 is 0 Å². The quantitative estimate of drug-likeness (QED) is 0.787. The molecule has 0 unspecified atom stereocenters. The Balaban J connectivity index is 2.40. The average Bonchev–Trinajstić information content (AvgIpc) is 2.60. The Morgan fingerprint density at radius 2 is 2.13 bits per heavy atom. The van der Waals surface area contributed by atoms with Crippen LogP contribution in [0.3, 0.4) is 0 Å². The first-order valence-corrected chi connectivity index (χ1v) is 5.97. The molecule has 0 bridgehead atoms. The molecule has 0 aliphatic heterocycles. The van der Waals surface area contributed by atoms with Gasteiger partial charge in [-0.1, -0.05) is 20.8 Å².